The summed E-state index contributed by atoms with van der Waals surface area (Å²) in [6.45, 7) is 1.05. The van der Waals surface area contributed by atoms with Gasteiger partial charge in [-0.15, -0.1) is 0 Å². The number of fused-ring (bicyclic) bond motifs is 1. The number of ether oxygens (including phenoxy) is 1. The van der Waals surface area contributed by atoms with Gasteiger partial charge in [-0.3, -0.25) is 0 Å². The van der Waals surface area contributed by atoms with Crippen LogP contribution in [-0.2, 0) is 4.74 Å². The lowest BCUT2D eigenvalue weighted by atomic mass is 9.88. The molecule has 3 aliphatic rings. The molecule has 0 bridgehead atoms. The molecule has 92 valence electrons. The van der Waals surface area contributed by atoms with Gasteiger partial charge >= 0.3 is 6.09 Å². The number of likely N-dealkylation sites (tertiary alicyclic amines) is 1. The molecule has 17 heavy (non-hydrogen) atoms. The molecule has 0 aromatic heterocycles. The Labute approximate surface area is 98.9 Å². The third-order valence-electron chi connectivity index (χ3n) is 3.55. The van der Waals surface area contributed by atoms with Crippen LogP contribution in [-0.4, -0.2) is 40.8 Å². The van der Waals surface area contributed by atoms with E-state index in [-0.39, 0.29) is 11.6 Å². The topological polar surface area (TPSA) is 73.8 Å². The largest absolute Gasteiger partial charge is 0.484 e. The molecule has 1 spiro atoms. The van der Waals surface area contributed by atoms with Gasteiger partial charge in [-0.25, -0.2) is 10.2 Å². The van der Waals surface area contributed by atoms with Crippen molar-refractivity contribution in [3.05, 3.63) is 24.1 Å². The molecule has 6 heteroatoms. The lowest BCUT2D eigenvalue weighted by molar-refractivity contribution is -0.0164. The van der Waals surface area contributed by atoms with E-state index in [1.807, 2.05) is 6.20 Å². The molecule has 0 aliphatic carbocycles. The van der Waals surface area contributed by atoms with Crippen LogP contribution in [0.25, 0.3) is 0 Å². The van der Waals surface area contributed by atoms with Crippen molar-refractivity contribution in [2.75, 3.05) is 13.1 Å². The van der Waals surface area contributed by atoms with Crippen molar-refractivity contribution in [1.29, 1.82) is 0 Å². The molecular formula is C11H15N3O3. The maximum Gasteiger partial charge on any atom is 0.407 e. The minimum absolute atomic E-state index is 0.109. The molecule has 1 atom stereocenters. The van der Waals surface area contributed by atoms with Crippen molar-refractivity contribution >= 4 is 6.09 Å². The number of rotatable bonds is 0. The highest BCUT2D eigenvalue weighted by molar-refractivity contribution is 5.65. The summed E-state index contributed by atoms with van der Waals surface area (Å²) >= 11 is 0. The summed E-state index contributed by atoms with van der Waals surface area (Å²) < 4.78 is 6.00. The van der Waals surface area contributed by atoms with E-state index < -0.39 is 6.09 Å². The van der Waals surface area contributed by atoms with Gasteiger partial charge in [0.2, 0.25) is 0 Å². The summed E-state index contributed by atoms with van der Waals surface area (Å²) in [6, 6.07) is 0.109. The Hall–Kier alpha value is -1.69. The highest BCUT2D eigenvalue weighted by Crippen LogP contribution is 2.35. The van der Waals surface area contributed by atoms with Crippen molar-refractivity contribution in [1.82, 2.24) is 15.8 Å². The number of piperidine rings is 1. The van der Waals surface area contributed by atoms with Crippen LogP contribution in [0.5, 0.6) is 0 Å². The molecule has 3 heterocycles. The summed E-state index contributed by atoms with van der Waals surface area (Å²) in [6.07, 6.45) is 6.53. The zero-order chi connectivity index (χ0) is 11.9. The van der Waals surface area contributed by atoms with Gasteiger partial charge in [-0.05, 0) is 6.08 Å². The second-order valence-electron chi connectivity index (χ2n) is 4.61. The highest BCUT2D eigenvalue weighted by atomic mass is 16.5. The normalized spacial score (nSPS) is 29.3. The average Bonchev–Trinajstić information content (AvgIpc) is 2.76. The summed E-state index contributed by atoms with van der Waals surface area (Å²) in [5.41, 5.74) is 5.65. The Morgan fingerprint density at radius 1 is 1.53 bits per heavy atom. The number of amides is 1. The van der Waals surface area contributed by atoms with E-state index in [0.717, 1.165) is 5.76 Å². The van der Waals surface area contributed by atoms with E-state index in [9.17, 15) is 4.79 Å². The molecule has 0 aromatic rings. The third kappa shape index (κ3) is 1.74. The number of carboxylic acid groups (broad SMARTS) is 1. The molecule has 0 radical (unpaired) electrons. The summed E-state index contributed by atoms with van der Waals surface area (Å²) in [4.78, 5) is 12.3. The zero-order valence-electron chi connectivity index (χ0n) is 9.35. The summed E-state index contributed by atoms with van der Waals surface area (Å²) in [5.74, 6) is 0.885. The molecule has 1 unspecified atom stereocenters. The van der Waals surface area contributed by atoms with Gasteiger partial charge in [0, 0.05) is 25.9 Å². The minimum Gasteiger partial charge on any atom is -0.484 e. The zero-order valence-corrected chi connectivity index (χ0v) is 9.35. The fourth-order valence-corrected chi connectivity index (χ4v) is 2.48. The van der Waals surface area contributed by atoms with Crippen molar-refractivity contribution < 1.29 is 14.6 Å². The molecule has 3 rings (SSSR count). The Bertz CT molecular complexity index is 397. The van der Waals surface area contributed by atoms with E-state index in [4.69, 9.17) is 9.84 Å². The Kier molecular flexibility index (Phi) is 2.25. The van der Waals surface area contributed by atoms with E-state index >= 15 is 0 Å². The monoisotopic (exact) mass is 237 g/mol. The SMILES string of the molecule is O=C(O)N1CCC2(C=CC3NNC=C3O2)CC1. The number of nitrogens with one attached hydrogen (secondary N) is 2. The third-order valence-corrected chi connectivity index (χ3v) is 3.55. The van der Waals surface area contributed by atoms with Crippen LogP contribution in [0.1, 0.15) is 12.8 Å². The van der Waals surface area contributed by atoms with Gasteiger partial charge in [0.25, 0.3) is 0 Å². The van der Waals surface area contributed by atoms with E-state index in [1.54, 1.807) is 0 Å². The lowest BCUT2D eigenvalue weighted by Crippen LogP contribution is -2.49. The Balaban J connectivity index is 1.73. The van der Waals surface area contributed by atoms with Crippen LogP contribution < -0.4 is 10.9 Å². The van der Waals surface area contributed by atoms with Gasteiger partial charge in [-0.2, -0.15) is 0 Å². The number of carbonyl (C=O) groups is 1. The van der Waals surface area contributed by atoms with Crippen LogP contribution in [0.4, 0.5) is 4.79 Å². The minimum atomic E-state index is -0.846. The Morgan fingerprint density at radius 2 is 2.29 bits per heavy atom. The maximum atomic E-state index is 10.8. The Morgan fingerprint density at radius 3 is 3.00 bits per heavy atom. The van der Waals surface area contributed by atoms with Crippen molar-refractivity contribution in [2.24, 2.45) is 0 Å². The van der Waals surface area contributed by atoms with Crippen molar-refractivity contribution in [3.8, 4) is 0 Å². The fraction of sp³-hybridized carbons (Fsp3) is 0.545. The molecule has 1 saturated heterocycles. The molecule has 3 N–H and O–H groups in total. The van der Waals surface area contributed by atoms with Crippen LogP contribution in [0.3, 0.4) is 0 Å². The average molecular weight is 237 g/mol. The first kappa shape index (κ1) is 10.5. The van der Waals surface area contributed by atoms with Gasteiger partial charge in [0.05, 0.1) is 6.20 Å². The smallest absolute Gasteiger partial charge is 0.407 e. The predicted molar refractivity (Wildman–Crippen MR) is 59.9 cm³/mol. The molecule has 6 nitrogen and oxygen atoms in total. The first-order valence-corrected chi connectivity index (χ1v) is 5.76. The van der Waals surface area contributed by atoms with Gasteiger partial charge < -0.3 is 20.2 Å². The number of hydrogen-bond donors (Lipinski definition) is 3. The lowest BCUT2D eigenvalue weighted by Gasteiger charge is -2.41. The summed E-state index contributed by atoms with van der Waals surface area (Å²) in [5, 5.41) is 8.91. The second kappa shape index (κ2) is 3.66. The predicted octanol–water partition coefficient (Wildman–Crippen LogP) is 0.403. The van der Waals surface area contributed by atoms with Crippen molar-refractivity contribution in [3.63, 3.8) is 0 Å². The van der Waals surface area contributed by atoms with Crippen LogP contribution in [0, 0.1) is 0 Å². The highest BCUT2D eigenvalue weighted by Gasteiger charge is 2.40. The van der Waals surface area contributed by atoms with Crippen LogP contribution >= 0.6 is 0 Å². The number of nitrogens with zero attached hydrogens (tertiary/aromatic N) is 1. The van der Waals surface area contributed by atoms with Crippen LogP contribution in [0.15, 0.2) is 24.1 Å². The van der Waals surface area contributed by atoms with Crippen molar-refractivity contribution in [2.45, 2.75) is 24.5 Å². The summed E-state index contributed by atoms with van der Waals surface area (Å²) in [7, 11) is 0. The second-order valence-corrected chi connectivity index (χ2v) is 4.61. The van der Waals surface area contributed by atoms with Gasteiger partial charge in [0.15, 0.2) is 0 Å². The standard InChI is InChI=1S/C11H15N3O3/c15-10(16)14-5-3-11(4-6-14)2-1-8-9(17-11)7-12-13-8/h1-2,7-8,12-13H,3-6H2,(H,15,16). The van der Waals surface area contributed by atoms with E-state index in [0.29, 0.717) is 25.9 Å². The molecule has 1 amide bonds. The van der Waals surface area contributed by atoms with E-state index in [1.165, 1.54) is 4.90 Å². The fourth-order valence-electron chi connectivity index (χ4n) is 2.48. The molecule has 0 aromatic carbocycles. The number of hydrazine groups is 1. The van der Waals surface area contributed by atoms with E-state index in [2.05, 4.69) is 23.0 Å². The molecule has 3 aliphatic heterocycles. The van der Waals surface area contributed by atoms with Gasteiger partial charge in [0.1, 0.15) is 17.4 Å². The van der Waals surface area contributed by atoms with Crippen LogP contribution in [0.2, 0.25) is 0 Å². The molecule has 1 fully saturated rings. The quantitative estimate of drug-likeness (QED) is 0.532. The maximum absolute atomic E-state index is 10.8. The molecule has 0 saturated carbocycles. The number of hydrogen-bond acceptors (Lipinski definition) is 4. The molecular weight excluding hydrogens is 222 g/mol. The first-order chi connectivity index (χ1) is 8.19. The van der Waals surface area contributed by atoms with Gasteiger partial charge in [-0.1, -0.05) is 6.08 Å². The first-order valence-electron chi connectivity index (χ1n) is 5.76.